The van der Waals surface area contributed by atoms with Crippen molar-refractivity contribution in [2.75, 3.05) is 0 Å². The number of fused-ring (bicyclic) bond motifs is 1. The smallest absolute Gasteiger partial charge is 0.107 e. The molecule has 0 saturated carbocycles. The molecule has 0 fully saturated rings. The Balaban J connectivity index is 2.89. The summed E-state index contributed by atoms with van der Waals surface area (Å²) in [4.78, 5) is 8.28. The topological polar surface area (TPSA) is 25.8 Å². The first-order chi connectivity index (χ1) is 5.77. The van der Waals surface area contributed by atoms with Crippen molar-refractivity contribution >= 4 is 22.6 Å². The molecule has 0 saturated heterocycles. The van der Waals surface area contributed by atoms with E-state index in [0.717, 1.165) is 16.6 Å². The lowest BCUT2D eigenvalue weighted by atomic mass is 10.2. The molecule has 0 aliphatic carbocycles. The van der Waals surface area contributed by atoms with E-state index in [1.807, 2.05) is 19.1 Å². The van der Waals surface area contributed by atoms with E-state index >= 15 is 0 Å². The van der Waals surface area contributed by atoms with Gasteiger partial charge >= 0.3 is 0 Å². The van der Waals surface area contributed by atoms with Crippen molar-refractivity contribution in [3.05, 3.63) is 35.1 Å². The number of halogens is 1. The van der Waals surface area contributed by atoms with E-state index < -0.39 is 0 Å². The summed E-state index contributed by atoms with van der Waals surface area (Å²) < 4.78 is 0. The Morgan fingerprint density at radius 2 is 1.92 bits per heavy atom. The van der Waals surface area contributed by atoms with Gasteiger partial charge in [0.25, 0.3) is 0 Å². The number of hydrogen-bond donors (Lipinski definition) is 0. The predicted molar refractivity (Wildman–Crippen MR) is 49.3 cm³/mol. The van der Waals surface area contributed by atoms with Gasteiger partial charge in [0.15, 0.2) is 0 Å². The zero-order valence-corrected chi connectivity index (χ0v) is 7.34. The van der Waals surface area contributed by atoms with Gasteiger partial charge in [-0.15, -0.1) is 0 Å². The quantitative estimate of drug-likeness (QED) is 0.620. The molecule has 0 aliphatic heterocycles. The SMILES string of the molecule is Cc1cc(Cl)c2nccnc2c1. The van der Waals surface area contributed by atoms with Crippen LogP contribution in [0.4, 0.5) is 0 Å². The van der Waals surface area contributed by atoms with Gasteiger partial charge in [-0.2, -0.15) is 0 Å². The Morgan fingerprint density at radius 1 is 1.17 bits per heavy atom. The zero-order valence-electron chi connectivity index (χ0n) is 6.58. The molecule has 1 aromatic heterocycles. The third-order valence-corrected chi connectivity index (χ3v) is 1.96. The summed E-state index contributed by atoms with van der Waals surface area (Å²) in [6.45, 7) is 1.99. The first-order valence-electron chi connectivity index (χ1n) is 3.64. The minimum absolute atomic E-state index is 0.665. The van der Waals surface area contributed by atoms with Crippen LogP contribution in [0.25, 0.3) is 11.0 Å². The second-order valence-electron chi connectivity index (χ2n) is 2.67. The number of benzene rings is 1. The minimum Gasteiger partial charge on any atom is -0.253 e. The van der Waals surface area contributed by atoms with E-state index in [0.29, 0.717) is 5.02 Å². The molecule has 2 nitrogen and oxygen atoms in total. The molecule has 12 heavy (non-hydrogen) atoms. The van der Waals surface area contributed by atoms with Crippen LogP contribution in [0.3, 0.4) is 0 Å². The third-order valence-electron chi connectivity index (χ3n) is 1.67. The van der Waals surface area contributed by atoms with Crippen molar-refractivity contribution in [2.24, 2.45) is 0 Å². The second-order valence-corrected chi connectivity index (χ2v) is 3.08. The summed E-state index contributed by atoms with van der Waals surface area (Å²) in [5.74, 6) is 0. The van der Waals surface area contributed by atoms with Crippen LogP contribution < -0.4 is 0 Å². The lowest BCUT2D eigenvalue weighted by Gasteiger charge is -1.99. The molecule has 0 spiro atoms. The van der Waals surface area contributed by atoms with Crippen molar-refractivity contribution in [3.63, 3.8) is 0 Å². The molecular weight excluding hydrogens is 172 g/mol. The van der Waals surface area contributed by atoms with Crippen LogP contribution in [0.2, 0.25) is 5.02 Å². The van der Waals surface area contributed by atoms with E-state index in [-0.39, 0.29) is 0 Å². The minimum atomic E-state index is 0.665. The van der Waals surface area contributed by atoms with Crippen LogP contribution in [0.1, 0.15) is 5.56 Å². The zero-order chi connectivity index (χ0) is 8.55. The molecule has 0 unspecified atom stereocenters. The number of nitrogens with zero attached hydrogens (tertiary/aromatic N) is 2. The fourth-order valence-corrected chi connectivity index (χ4v) is 1.48. The van der Waals surface area contributed by atoms with Crippen LogP contribution in [0.15, 0.2) is 24.5 Å². The average molecular weight is 179 g/mol. The first kappa shape index (κ1) is 7.50. The molecular formula is C9H7ClN2. The fraction of sp³-hybridized carbons (Fsp3) is 0.111. The molecule has 1 aromatic carbocycles. The normalized spacial score (nSPS) is 10.5. The third kappa shape index (κ3) is 1.14. The molecule has 2 rings (SSSR count). The standard InChI is InChI=1S/C9H7ClN2/c1-6-4-7(10)9-8(5-6)11-2-3-12-9/h2-5H,1H3. The Bertz CT molecular complexity index is 426. The van der Waals surface area contributed by atoms with Gasteiger partial charge in [-0.05, 0) is 24.6 Å². The van der Waals surface area contributed by atoms with Gasteiger partial charge in [-0.25, -0.2) is 0 Å². The number of aryl methyl sites for hydroxylation is 1. The van der Waals surface area contributed by atoms with Crippen LogP contribution in [-0.2, 0) is 0 Å². The van der Waals surface area contributed by atoms with Crippen LogP contribution in [-0.4, -0.2) is 9.97 Å². The van der Waals surface area contributed by atoms with Gasteiger partial charge < -0.3 is 0 Å². The summed E-state index contributed by atoms with van der Waals surface area (Å²) in [5, 5.41) is 0.665. The number of aromatic nitrogens is 2. The summed E-state index contributed by atoms with van der Waals surface area (Å²) in [5.41, 5.74) is 2.72. The monoisotopic (exact) mass is 178 g/mol. The first-order valence-corrected chi connectivity index (χ1v) is 4.02. The van der Waals surface area contributed by atoms with E-state index in [2.05, 4.69) is 9.97 Å². The fourth-order valence-electron chi connectivity index (χ4n) is 1.16. The molecule has 0 amide bonds. The predicted octanol–water partition coefficient (Wildman–Crippen LogP) is 2.59. The Morgan fingerprint density at radius 3 is 2.75 bits per heavy atom. The Hall–Kier alpha value is -1.15. The van der Waals surface area contributed by atoms with Crippen molar-refractivity contribution in [1.29, 1.82) is 0 Å². The Kier molecular flexibility index (Phi) is 1.70. The van der Waals surface area contributed by atoms with Crippen LogP contribution in [0, 0.1) is 6.92 Å². The molecule has 3 heteroatoms. The second kappa shape index (κ2) is 2.72. The van der Waals surface area contributed by atoms with Gasteiger partial charge in [-0.3, -0.25) is 9.97 Å². The highest BCUT2D eigenvalue weighted by molar-refractivity contribution is 6.34. The van der Waals surface area contributed by atoms with E-state index in [9.17, 15) is 0 Å². The van der Waals surface area contributed by atoms with Crippen molar-refractivity contribution in [1.82, 2.24) is 9.97 Å². The van der Waals surface area contributed by atoms with Gasteiger partial charge in [0.2, 0.25) is 0 Å². The summed E-state index contributed by atoms with van der Waals surface area (Å²) in [6.07, 6.45) is 3.31. The van der Waals surface area contributed by atoms with Crippen LogP contribution >= 0.6 is 11.6 Å². The van der Waals surface area contributed by atoms with Gasteiger partial charge in [0.05, 0.1) is 10.5 Å². The van der Waals surface area contributed by atoms with Gasteiger partial charge in [0, 0.05) is 12.4 Å². The molecule has 2 aromatic rings. The molecule has 0 radical (unpaired) electrons. The largest absolute Gasteiger partial charge is 0.253 e. The lowest BCUT2D eigenvalue weighted by molar-refractivity contribution is 1.28. The molecule has 1 heterocycles. The maximum atomic E-state index is 5.96. The highest BCUT2D eigenvalue weighted by Crippen LogP contribution is 2.20. The summed E-state index contributed by atoms with van der Waals surface area (Å²) in [7, 11) is 0. The maximum Gasteiger partial charge on any atom is 0.107 e. The highest BCUT2D eigenvalue weighted by atomic mass is 35.5. The van der Waals surface area contributed by atoms with Gasteiger partial charge in [0.1, 0.15) is 5.52 Å². The summed E-state index contributed by atoms with van der Waals surface area (Å²) in [6, 6.07) is 3.85. The highest BCUT2D eigenvalue weighted by Gasteiger charge is 2.00. The lowest BCUT2D eigenvalue weighted by Crippen LogP contribution is -1.84. The average Bonchev–Trinajstić information content (AvgIpc) is 2.04. The molecule has 0 atom stereocenters. The molecule has 60 valence electrons. The maximum absolute atomic E-state index is 5.96. The van der Waals surface area contributed by atoms with E-state index in [4.69, 9.17) is 11.6 Å². The van der Waals surface area contributed by atoms with Crippen molar-refractivity contribution in [2.45, 2.75) is 6.92 Å². The number of hydrogen-bond acceptors (Lipinski definition) is 2. The molecule has 0 N–H and O–H groups in total. The van der Waals surface area contributed by atoms with Gasteiger partial charge in [-0.1, -0.05) is 11.6 Å². The van der Waals surface area contributed by atoms with E-state index in [1.165, 1.54) is 0 Å². The van der Waals surface area contributed by atoms with E-state index in [1.54, 1.807) is 12.4 Å². The van der Waals surface area contributed by atoms with Crippen molar-refractivity contribution in [3.8, 4) is 0 Å². The van der Waals surface area contributed by atoms with Crippen LogP contribution in [0.5, 0.6) is 0 Å². The molecule has 0 aliphatic rings. The molecule has 0 bridgehead atoms. The number of rotatable bonds is 0. The van der Waals surface area contributed by atoms with Crippen molar-refractivity contribution < 1.29 is 0 Å². The Labute approximate surface area is 75.2 Å². The summed E-state index contributed by atoms with van der Waals surface area (Å²) >= 11 is 5.96.